The Labute approximate surface area is 221 Å². The van der Waals surface area contributed by atoms with Crippen LogP contribution < -0.4 is 21.3 Å². The van der Waals surface area contributed by atoms with E-state index in [9.17, 15) is 24.0 Å². The summed E-state index contributed by atoms with van der Waals surface area (Å²) in [7, 11) is 0. The van der Waals surface area contributed by atoms with Crippen LogP contribution >= 0.6 is 0 Å². The lowest BCUT2D eigenvalue weighted by Gasteiger charge is -2.22. The third kappa shape index (κ3) is 8.89. The maximum Gasteiger partial charge on any atom is 0.289 e. The van der Waals surface area contributed by atoms with E-state index in [2.05, 4.69) is 31.2 Å². The molecule has 0 radical (unpaired) electrons. The minimum atomic E-state index is -1.20. The molecule has 204 valence electrons. The molecule has 1 heterocycles. The number of ketones is 1. The van der Waals surface area contributed by atoms with E-state index < -0.39 is 36.1 Å². The number of hydrogen-bond acceptors (Lipinski definition) is 7. The second-order valence-electron chi connectivity index (χ2n) is 9.89. The van der Waals surface area contributed by atoms with Crippen molar-refractivity contribution in [1.29, 1.82) is 0 Å². The van der Waals surface area contributed by atoms with Crippen molar-refractivity contribution in [2.75, 3.05) is 13.1 Å². The van der Waals surface area contributed by atoms with E-state index >= 15 is 0 Å². The fourth-order valence-electron chi connectivity index (χ4n) is 4.38. The topological polar surface area (TPSA) is 159 Å². The lowest BCUT2D eigenvalue weighted by molar-refractivity contribution is -0.140. The largest absolute Gasteiger partial charge is 0.354 e. The summed E-state index contributed by atoms with van der Waals surface area (Å²) < 4.78 is 0. The van der Waals surface area contributed by atoms with Crippen LogP contribution in [0.25, 0.3) is 11.0 Å². The molecule has 1 saturated carbocycles. The quantitative estimate of drug-likeness (QED) is 0.306. The van der Waals surface area contributed by atoms with Gasteiger partial charge in [-0.2, -0.15) is 0 Å². The Balaban J connectivity index is 1.57. The highest BCUT2D eigenvalue weighted by Crippen LogP contribution is 2.22. The first-order valence-corrected chi connectivity index (χ1v) is 13.1. The van der Waals surface area contributed by atoms with Gasteiger partial charge in [0, 0.05) is 19.0 Å². The van der Waals surface area contributed by atoms with Crippen LogP contribution in [-0.4, -0.2) is 64.6 Å². The van der Waals surface area contributed by atoms with Gasteiger partial charge in [0.25, 0.3) is 11.8 Å². The van der Waals surface area contributed by atoms with Crippen molar-refractivity contribution >= 4 is 40.4 Å². The number of benzene rings is 1. The highest BCUT2D eigenvalue weighted by molar-refractivity contribution is 6.38. The van der Waals surface area contributed by atoms with Crippen LogP contribution in [0.2, 0.25) is 0 Å². The van der Waals surface area contributed by atoms with E-state index in [1.54, 1.807) is 18.2 Å². The van der Waals surface area contributed by atoms with Gasteiger partial charge < -0.3 is 21.3 Å². The fraction of sp³-hybridized carbons (Fsp3) is 0.519. The summed E-state index contributed by atoms with van der Waals surface area (Å²) in [5, 5.41) is 10.4. The zero-order chi connectivity index (χ0) is 27.5. The maximum absolute atomic E-state index is 12.9. The summed E-state index contributed by atoms with van der Waals surface area (Å²) >= 11 is 0. The van der Waals surface area contributed by atoms with Crippen molar-refractivity contribution < 1.29 is 24.0 Å². The summed E-state index contributed by atoms with van der Waals surface area (Å²) in [4.78, 5) is 71.2. The molecular weight excluding hydrogens is 488 g/mol. The first-order chi connectivity index (χ1) is 18.2. The Bertz CT molecular complexity index is 1160. The number of nitrogens with zero attached hydrogens (tertiary/aromatic N) is 2. The lowest BCUT2D eigenvalue weighted by Crippen LogP contribution is -2.50. The molecule has 0 bridgehead atoms. The van der Waals surface area contributed by atoms with Crippen molar-refractivity contribution in [1.82, 2.24) is 31.2 Å². The second kappa shape index (κ2) is 14.2. The number of aromatic nitrogens is 2. The summed E-state index contributed by atoms with van der Waals surface area (Å²) in [5.41, 5.74) is 1.21. The van der Waals surface area contributed by atoms with Gasteiger partial charge in [-0.15, -0.1) is 0 Å². The molecule has 0 saturated heterocycles. The molecule has 3 rings (SSSR count). The average Bonchev–Trinajstić information content (AvgIpc) is 2.92. The standard InChI is InChI=1S/C27H36N6O5/c1-17(2)31-23(34)13-12-21(25(36)27(38)29-14-18-8-4-3-5-9-18)33-24(35)16-30-26(37)22-15-28-19-10-6-7-11-20(19)32-22/h6-7,10-11,15,17-18,21H,3-5,8-9,12-14,16H2,1-2H3,(H,29,38)(H,30,37)(H,31,34)(H,33,35). The van der Waals surface area contributed by atoms with Crippen LogP contribution in [0.3, 0.4) is 0 Å². The van der Waals surface area contributed by atoms with Gasteiger partial charge in [0.15, 0.2) is 0 Å². The van der Waals surface area contributed by atoms with Gasteiger partial charge in [0.1, 0.15) is 5.69 Å². The first kappa shape index (κ1) is 28.7. The van der Waals surface area contributed by atoms with Gasteiger partial charge in [-0.05, 0) is 51.2 Å². The van der Waals surface area contributed by atoms with Gasteiger partial charge in [0.2, 0.25) is 17.6 Å². The smallest absolute Gasteiger partial charge is 0.289 e. The van der Waals surface area contributed by atoms with Crippen LogP contribution in [-0.2, 0) is 19.2 Å². The first-order valence-electron chi connectivity index (χ1n) is 13.1. The number of para-hydroxylation sites is 2. The molecule has 1 aliphatic carbocycles. The molecule has 11 nitrogen and oxygen atoms in total. The van der Waals surface area contributed by atoms with Gasteiger partial charge in [-0.3, -0.25) is 29.0 Å². The molecule has 2 aromatic rings. The molecule has 1 unspecified atom stereocenters. The highest BCUT2D eigenvalue weighted by Gasteiger charge is 2.28. The zero-order valence-electron chi connectivity index (χ0n) is 21.9. The molecule has 4 amide bonds. The second-order valence-corrected chi connectivity index (χ2v) is 9.89. The van der Waals surface area contributed by atoms with Crippen molar-refractivity contribution in [2.45, 2.75) is 70.9 Å². The molecule has 38 heavy (non-hydrogen) atoms. The van der Waals surface area contributed by atoms with Crippen molar-refractivity contribution in [3.05, 3.63) is 36.2 Å². The number of rotatable bonds is 12. The molecule has 1 fully saturated rings. The molecule has 1 aromatic heterocycles. The van der Waals surface area contributed by atoms with Gasteiger partial charge >= 0.3 is 0 Å². The average molecular weight is 525 g/mol. The molecule has 1 aliphatic rings. The summed E-state index contributed by atoms with van der Waals surface area (Å²) in [6, 6.07) is 5.78. The van der Waals surface area contributed by atoms with E-state index in [0.29, 0.717) is 23.5 Å². The van der Waals surface area contributed by atoms with Crippen LogP contribution in [0.4, 0.5) is 0 Å². The number of carbonyl (C=O) groups is 5. The SMILES string of the molecule is CC(C)NC(=O)CCC(NC(=O)CNC(=O)c1cnc2ccccc2n1)C(=O)C(=O)NCC1CCCCC1. The van der Waals surface area contributed by atoms with Gasteiger partial charge in [-0.25, -0.2) is 4.98 Å². The predicted molar refractivity (Wildman–Crippen MR) is 141 cm³/mol. The van der Waals surface area contributed by atoms with Crippen LogP contribution in [0, 0.1) is 5.92 Å². The number of hydrogen-bond donors (Lipinski definition) is 4. The van der Waals surface area contributed by atoms with Gasteiger partial charge in [0.05, 0.1) is 29.8 Å². The lowest BCUT2D eigenvalue weighted by atomic mass is 9.89. The third-order valence-corrected chi connectivity index (χ3v) is 6.35. The molecule has 0 aliphatic heterocycles. The van der Waals surface area contributed by atoms with Crippen LogP contribution in [0.5, 0.6) is 0 Å². The highest BCUT2D eigenvalue weighted by atomic mass is 16.2. The Kier molecular flexibility index (Phi) is 10.7. The zero-order valence-corrected chi connectivity index (χ0v) is 21.9. The Morgan fingerprint density at radius 2 is 1.63 bits per heavy atom. The number of amides is 4. The normalized spacial score (nSPS) is 14.5. The number of fused-ring (bicyclic) bond motifs is 1. The number of nitrogens with one attached hydrogen (secondary N) is 4. The van der Waals surface area contributed by atoms with E-state index in [-0.39, 0.29) is 30.5 Å². The maximum atomic E-state index is 12.9. The minimum absolute atomic E-state index is 0.0385. The minimum Gasteiger partial charge on any atom is -0.354 e. The van der Waals surface area contributed by atoms with Crippen LogP contribution in [0.1, 0.15) is 69.3 Å². The van der Waals surface area contributed by atoms with E-state index in [4.69, 9.17) is 0 Å². The molecule has 0 spiro atoms. The monoisotopic (exact) mass is 524 g/mol. The molecule has 1 atom stereocenters. The van der Waals surface area contributed by atoms with Crippen molar-refractivity contribution in [3.8, 4) is 0 Å². The van der Waals surface area contributed by atoms with Crippen molar-refractivity contribution in [2.24, 2.45) is 5.92 Å². The van der Waals surface area contributed by atoms with Crippen LogP contribution in [0.15, 0.2) is 30.5 Å². The third-order valence-electron chi connectivity index (χ3n) is 6.35. The molecule has 1 aromatic carbocycles. The molecule has 4 N–H and O–H groups in total. The van der Waals surface area contributed by atoms with Gasteiger partial charge in [-0.1, -0.05) is 31.4 Å². The van der Waals surface area contributed by atoms with E-state index in [1.807, 2.05) is 19.9 Å². The van der Waals surface area contributed by atoms with E-state index in [0.717, 1.165) is 25.7 Å². The number of Topliss-reactive ketones (excluding diaryl/α,β-unsaturated/α-hetero) is 1. The fourth-order valence-corrected chi connectivity index (χ4v) is 4.38. The molecule has 11 heteroatoms. The Morgan fingerprint density at radius 3 is 2.34 bits per heavy atom. The predicted octanol–water partition coefficient (Wildman–Crippen LogP) is 1.41. The Morgan fingerprint density at radius 1 is 0.921 bits per heavy atom. The summed E-state index contributed by atoms with van der Waals surface area (Å²) in [6.45, 7) is 3.58. The number of carbonyl (C=O) groups excluding carboxylic acids is 5. The van der Waals surface area contributed by atoms with Crippen molar-refractivity contribution in [3.63, 3.8) is 0 Å². The summed E-state index contributed by atoms with van der Waals surface area (Å²) in [5.74, 6) is -2.85. The van der Waals surface area contributed by atoms with E-state index in [1.165, 1.54) is 12.6 Å². The Hall–Kier alpha value is -3.89. The summed E-state index contributed by atoms with van der Waals surface area (Å²) in [6.07, 6.45) is 6.61. The molecular formula is C27H36N6O5.